The highest BCUT2D eigenvalue weighted by Crippen LogP contribution is 2.35. The molecule has 3 heterocycles. The molecule has 0 bridgehead atoms. The molecule has 4 rings (SSSR count). The van der Waals surface area contributed by atoms with E-state index in [2.05, 4.69) is 131 Å². The zero-order chi connectivity index (χ0) is 35.1. The summed E-state index contributed by atoms with van der Waals surface area (Å²) in [4.78, 5) is 16.8. The second-order valence-electron chi connectivity index (χ2n) is 8.44. The van der Waals surface area contributed by atoms with Gasteiger partial charge in [-0.2, -0.15) is 0 Å². The molecule has 4 aromatic rings. The number of nitro groups is 1. The van der Waals surface area contributed by atoms with Gasteiger partial charge in [0.15, 0.2) is 11.0 Å². The minimum atomic E-state index is -0.879. The van der Waals surface area contributed by atoms with Gasteiger partial charge in [-0.1, -0.05) is 16.2 Å². The normalized spacial score (nSPS) is 8.33. The number of nitrogens with one attached hydrogen (secondary N) is 3. The Bertz CT molecular complexity index is 2300. The molecule has 0 saturated carbocycles. The summed E-state index contributed by atoms with van der Waals surface area (Å²) in [6.45, 7) is 9.33. The van der Waals surface area contributed by atoms with Gasteiger partial charge in [-0.05, 0) is 135 Å². The lowest BCUT2D eigenvalue weighted by Gasteiger charge is -2.09. The molecule has 0 atom stereocenters. The molecule has 0 radical (unpaired) electrons. The van der Waals surface area contributed by atoms with E-state index in [-0.39, 0.29) is 8.56 Å². The van der Waals surface area contributed by atoms with E-state index >= 15 is 0 Å². The van der Waals surface area contributed by atoms with Gasteiger partial charge in [0.2, 0.25) is 0 Å². The van der Waals surface area contributed by atoms with Crippen LogP contribution in [-0.2, 0) is 0 Å². The largest absolute Gasteiger partial charge is 0.361 e. The number of aryl methyl sites for hydroxylation is 4. The van der Waals surface area contributed by atoms with Crippen LogP contribution in [0.5, 0.6) is 0 Å². The Hall–Kier alpha value is -8.01. The minimum absolute atomic E-state index is 0. The monoisotopic (exact) mass is 648 g/mol. The Balaban J connectivity index is -0.000000238. The number of aromatic amines is 1. The number of fused-ring (bicyclic) bond motifs is 1. The van der Waals surface area contributed by atoms with Gasteiger partial charge in [0, 0.05) is 19.7 Å². The molecule has 0 saturated heterocycles. The fraction of sp³-hybridized carbons (Fsp3) is 0.147. The summed E-state index contributed by atoms with van der Waals surface area (Å²) in [6, 6.07) is 4.09. The van der Waals surface area contributed by atoms with Crippen molar-refractivity contribution in [2.24, 2.45) is 16.3 Å². The number of anilines is 2. The number of aromatic nitrogens is 4. The molecule has 0 aliphatic rings. The standard InChI is InChI=1S/C17H17N5O2.C17H4.H3N5O2.6H2/c1-8-15(10(3)23-21-8)12-5-13-17(19-7-18-13)14(6-12)20-16-9(2)22-24-11(16)4;1-3-5-7-9-11-13-15-17-16-14-12-10-8-6-4-2;1-2-3-4-5(6)7;;;;;;/h5-7,20H,1-4H3,(H,18,19);1H,2H3;(H2,1,3)(H,2,4);6*1H. The van der Waals surface area contributed by atoms with Gasteiger partial charge in [-0.15, -0.1) is 6.42 Å². The maximum atomic E-state index is 9.24. The average molecular weight is 649 g/mol. The van der Waals surface area contributed by atoms with Crippen LogP contribution in [0.25, 0.3) is 22.2 Å². The molecule has 0 fully saturated rings. The highest BCUT2D eigenvalue weighted by molar-refractivity contribution is 5.95. The molecule has 48 heavy (non-hydrogen) atoms. The molecule has 0 aliphatic carbocycles. The summed E-state index contributed by atoms with van der Waals surface area (Å²) in [6.07, 6.45) is 6.56. The minimum Gasteiger partial charge on any atom is -0.361 e. The van der Waals surface area contributed by atoms with Crippen molar-refractivity contribution >= 4 is 22.4 Å². The summed E-state index contributed by atoms with van der Waals surface area (Å²) in [5, 5.41) is 25.0. The van der Waals surface area contributed by atoms with Crippen molar-refractivity contribution in [2.45, 2.75) is 34.6 Å². The van der Waals surface area contributed by atoms with Gasteiger partial charge in [-0.3, -0.25) is 5.84 Å². The molecule has 0 spiro atoms. The summed E-state index contributed by atoms with van der Waals surface area (Å²) < 4.78 is 10.5. The van der Waals surface area contributed by atoms with Crippen molar-refractivity contribution < 1.29 is 22.6 Å². The second-order valence-corrected chi connectivity index (χ2v) is 8.44. The lowest BCUT2D eigenvalue weighted by molar-refractivity contribution is -0.546. The van der Waals surface area contributed by atoms with Gasteiger partial charge < -0.3 is 29.5 Å². The fourth-order valence-corrected chi connectivity index (χ4v) is 3.49. The van der Waals surface area contributed by atoms with E-state index in [1.807, 2.05) is 39.8 Å². The van der Waals surface area contributed by atoms with Crippen molar-refractivity contribution in [2.75, 3.05) is 5.32 Å². The smallest absolute Gasteiger partial charge is 0.193 e. The SMILES string of the molecule is C#CC#CC#CC#CC#CC#CC#CC#CC.Cc1noc(C)c1Nc1cc(-c2c(C)noc2C)cc2[nH]cnc12.NN=NN[N+](=O)[O-].[HH].[HH].[HH].[HH].[HH].[HH]. The highest BCUT2D eigenvalue weighted by atomic mass is 16.7. The Morgan fingerprint density at radius 1 is 0.896 bits per heavy atom. The third-order valence-corrected chi connectivity index (χ3v) is 5.27. The number of imidazole rings is 1. The van der Waals surface area contributed by atoms with Crippen LogP contribution in [-0.4, -0.2) is 25.3 Å². The third kappa shape index (κ3) is 11.9. The number of hydrazine groups is 1. The average Bonchev–Trinajstić information content (AvgIpc) is 3.77. The number of terminal acetylenes is 1. The van der Waals surface area contributed by atoms with Gasteiger partial charge in [0.1, 0.15) is 22.7 Å². The number of nitrogens with zero attached hydrogens (tertiary/aromatic N) is 6. The molecule has 246 valence electrons. The highest BCUT2D eigenvalue weighted by Gasteiger charge is 2.17. The summed E-state index contributed by atoms with van der Waals surface area (Å²) in [7, 11) is 0. The van der Waals surface area contributed by atoms with E-state index in [1.165, 1.54) is 5.53 Å². The number of benzene rings is 1. The lowest BCUT2D eigenvalue weighted by atomic mass is 10.0. The summed E-state index contributed by atoms with van der Waals surface area (Å²) in [5.74, 6) is 42.8. The van der Waals surface area contributed by atoms with Crippen molar-refractivity contribution in [1.82, 2.24) is 25.8 Å². The molecule has 1 aromatic carbocycles. The van der Waals surface area contributed by atoms with Crippen LogP contribution in [0.15, 0.2) is 38.0 Å². The van der Waals surface area contributed by atoms with E-state index in [1.54, 1.807) is 13.3 Å². The van der Waals surface area contributed by atoms with Crippen molar-refractivity contribution in [3.63, 3.8) is 0 Å². The second kappa shape index (κ2) is 20.0. The Morgan fingerprint density at radius 2 is 1.46 bits per heavy atom. The molecule has 14 heteroatoms. The molecule has 3 aromatic heterocycles. The molecule has 0 aliphatic heterocycles. The van der Waals surface area contributed by atoms with Gasteiger partial charge in [-0.25, -0.2) is 4.98 Å². The molecule has 5 N–H and O–H groups in total. The van der Waals surface area contributed by atoms with Crippen LogP contribution in [0.2, 0.25) is 0 Å². The van der Waals surface area contributed by atoms with Crippen LogP contribution in [0.3, 0.4) is 0 Å². The number of H-pyrrole nitrogens is 1. The predicted molar refractivity (Wildman–Crippen MR) is 191 cm³/mol. The first-order chi connectivity index (χ1) is 23.2. The molecule has 0 amide bonds. The zero-order valence-corrected chi connectivity index (χ0v) is 26.2. The first kappa shape index (κ1) is 36.2. The molecular weight excluding hydrogens is 612 g/mol. The van der Waals surface area contributed by atoms with Crippen molar-refractivity contribution in [3.05, 3.63) is 51.5 Å². The van der Waals surface area contributed by atoms with E-state index in [9.17, 15) is 10.1 Å². The van der Waals surface area contributed by atoms with Gasteiger partial charge in [0.05, 0.1) is 33.5 Å². The Morgan fingerprint density at radius 3 is 1.92 bits per heavy atom. The van der Waals surface area contributed by atoms with Gasteiger partial charge >= 0.3 is 0 Å². The fourth-order valence-electron chi connectivity index (χ4n) is 3.49. The van der Waals surface area contributed by atoms with Crippen molar-refractivity contribution in [3.8, 4) is 106 Å². The lowest BCUT2D eigenvalue weighted by Crippen LogP contribution is -2.13. The van der Waals surface area contributed by atoms with E-state index in [0.29, 0.717) is 0 Å². The summed E-state index contributed by atoms with van der Waals surface area (Å²) >= 11 is 0. The van der Waals surface area contributed by atoms with E-state index in [4.69, 9.17) is 15.5 Å². The van der Waals surface area contributed by atoms with Crippen molar-refractivity contribution in [1.29, 1.82) is 0 Å². The quantitative estimate of drug-likeness (QED) is 0.0721. The topological polar surface area (TPSA) is 199 Å². The maximum Gasteiger partial charge on any atom is 0.193 e. The number of hydrogen-bond donors (Lipinski definition) is 4. The number of hydrogen-bond acceptors (Lipinski definition) is 10. The number of rotatable bonds is 5. The maximum absolute atomic E-state index is 9.24. The van der Waals surface area contributed by atoms with Crippen LogP contribution in [0.1, 0.15) is 38.4 Å². The molecule has 14 nitrogen and oxygen atoms in total. The first-order valence-corrected chi connectivity index (χ1v) is 13.2. The van der Waals surface area contributed by atoms with E-state index < -0.39 is 5.03 Å². The van der Waals surface area contributed by atoms with Crippen LogP contribution >= 0.6 is 0 Å². The van der Waals surface area contributed by atoms with Crippen LogP contribution in [0.4, 0.5) is 11.4 Å². The third-order valence-electron chi connectivity index (χ3n) is 5.27. The Kier molecular flexibility index (Phi) is 15.1. The van der Waals surface area contributed by atoms with Crippen LogP contribution in [0, 0.1) is 133 Å². The molecular formula is C34H36N10O4. The zero-order valence-electron chi connectivity index (χ0n) is 26.2. The van der Waals surface area contributed by atoms with Gasteiger partial charge in [0.25, 0.3) is 0 Å². The predicted octanol–water partition coefficient (Wildman–Crippen LogP) is 5.33. The number of nitrogens with two attached hydrogens (primary N) is 1. The molecule has 0 unspecified atom stereocenters. The first-order valence-electron chi connectivity index (χ1n) is 13.2. The van der Waals surface area contributed by atoms with E-state index in [0.717, 1.165) is 56.4 Å². The van der Waals surface area contributed by atoms with Crippen LogP contribution < -0.4 is 16.7 Å². The summed E-state index contributed by atoms with van der Waals surface area (Å²) in [5.41, 5.74) is 8.53. The Labute approximate surface area is 285 Å².